The maximum Gasteiger partial charge on any atom is 0.226 e. The van der Waals surface area contributed by atoms with Gasteiger partial charge in [0.1, 0.15) is 5.01 Å². The van der Waals surface area contributed by atoms with Crippen LogP contribution in [0.25, 0.3) is 10.6 Å². The lowest BCUT2D eigenvalue weighted by atomic mass is 10.2. The van der Waals surface area contributed by atoms with Gasteiger partial charge in [0.2, 0.25) is 5.91 Å². The second kappa shape index (κ2) is 7.57. The van der Waals surface area contributed by atoms with Crippen LogP contribution in [-0.2, 0) is 11.2 Å². The summed E-state index contributed by atoms with van der Waals surface area (Å²) in [6, 6.07) is 7.80. The van der Waals surface area contributed by atoms with E-state index in [1.54, 1.807) is 0 Å². The fraction of sp³-hybridized carbons (Fsp3) is 0.375. The number of aromatic nitrogens is 1. The van der Waals surface area contributed by atoms with Gasteiger partial charge in [-0.2, -0.15) is 0 Å². The van der Waals surface area contributed by atoms with Crippen LogP contribution in [-0.4, -0.2) is 16.9 Å². The molecule has 0 fully saturated rings. The van der Waals surface area contributed by atoms with Crippen molar-refractivity contribution in [3.8, 4) is 10.6 Å². The van der Waals surface area contributed by atoms with Crippen molar-refractivity contribution in [1.82, 2.24) is 10.3 Å². The van der Waals surface area contributed by atoms with E-state index in [1.165, 1.54) is 11.3 Å². The number of halogens is 1. The lowest BCUT2D eigenvalue weighted by Crippen LogP contribution is -2.33. The van der Waals surface area contributed by atoms with Crippen molar-refractivity contribution in [3.05, 3.63) is 40.4 Å². The van der Waals surface area contributed by atoms with Gasteiger partial charge < -0.3 is 5.32 Å². The van der Waals surface area contributed by atoms with Crippen LogP contribution < -0.4 is 5.32 Å². The zero-order valence-corrected chi connectivity index (χ0v) is 13.8. The molecule has 0 radical (unpaired) electrons. The van der Waals surface area contributed by atoms with Crippen LogP contribution in [0.2, 0.25) is 5.02 Å². The molecule has 0 bridgehead atoms. The summed E-state index contributed by atoms with van der Waals surface area (Å²) in [6.07, 6.45) is 2.39. The number of benzene rings is 1. The number of hydrogen-bond donors (Lipinski definition) is 1. The number of carbonyl (C=O) groups excluding carboxylic acids is 1. The van der Waals surface area contributed by atoms with Gasteiger partial charge in [-0.25, -0.2) is 4.98 Å². The van der Waals surface area contributed by atoms with Crippen molar-refractivity contribution in [3.63, 3.8) is 0 Å². The topological polar surface area (TPSA) is 42.0 Å². The third kappa shape index (κ3) is 4.83. The third-order valence-electron chi connectivity index (χ3n) is 3.09. The summed E-state index contributed by atoms with van der Waals surface area (Å²) in [6.45, 7) is 4.14. The largest absolute Gasteiger partial charge is 0.353 e. The highest BCUT2D eigenvalue weighted by Crippen LogP contribution is 2.26. The van der Waals surface area contributed by atoms with Crippen molar-refractivity contribution < 1.29 is 4.79 Å². The molecule has 1 unspecified atom stereocenters. The van der Waals surface area contributed by atoms with Crippen molar-refractivity contribution in [1.29, 1.82) is 0 Å². The Morgan fingerprint density at radius 2 is 2.29 bits per heavy atom. The Hall–Kier alpha value is -1.39. The number of hydrogen-bond acceptors (Lipinski definition) is 3. The van der Waals surface area contributed by atoms with Gasteiger partial charge in [-0.1, -0.05) is 37.1 Å². The molecule has 1 atom stereocenters. The molecule has 0 aliphatic heterocycles. The van der Waals surface area contributed by atoms with Gasteiger partial charge in [0, 0.05) is 22.0 Å². The summed E-state index contributed by atoms with van der Waals surface area (Å²) in [4.78, 5) is 16.4. The molecule has 1 N–H and O–H groups in total. The van der Waals surface area contributed by atoms with Crippen molar-refractivity contribution >= 4 is 28.8 Å². The number of rotatable bonds is 6. The first-order valence-electron chi connectivity index (χ1n) is 7.08. The van der Waals surface area contributed by atoms with Crippen molar-refractivity contribution in [2.75, 3.05) is 0 Å². The van der Waals surface area contributed by atoms with Crippen LogP contribution >= 0.6 is 22.9 Å². The molecule has 5 heteroatoms. The molecule has 0 aliphatic carbocycles. The number of thiazole rings is 1. The van der Waals surface area contributed by atoms with E-state index in [-0.39, 0.29) is 11.9 Å². The fourth-order valence-electron chi connectivity index (χ4n) is 2.14. The minimum absolute atomic E-state index is 0.0268. The zero-order valence-electron chi connectivity index (χ0n) is 12.2. The standard InChI is InChI=1S/C16H19ClN2OS/c1-3-5-11(2)18-15(20)9-14-10-21-16(19-14)12-6-4-7-13(17)8-12/h4,6-8,10-11H,3,5,9H2,1-2H3,(H,18,20). The molecule has 0 saturated heterocycles. The van der Waals surface area contributed by atoms with Crippen LogP contribution in [0.15, 0.2) is 29.6 Å². The van der Waals surface area contributed by atoms with Gasteiger partial charge in [0.25, 0.3) is 0 Å². The molecule has 1 aromatic heterocycles. The van der Waals surface area contributed by atoms with Gasteiger partial charge >= 0.3 is 0 Å². The van der Waals surface area contributed by atoms with Gasteiger partial charge in [-0.15, -0.1) is 11.3 Å². The summed E-state index contributed by atoms with van der Waals surface area (Å²) in [5.41, 5.74) is 1.79. The molecule has 0 saturated carbocycles. The first-order valence-corrected chi connectivity index (χ1v) is 8.34. The fourth-order valence-corrected chi connectivity index (χ4v) is 3.14. The molecule has 1 heterocycles. The minimum atomic E-state index is 0.0268. The Kier molecular flexibility index (Phi) is 5.76. The number of carbonyl (C=O) groups is 1. The number of amides is 1. The third-order valence-corrected chi connectivity index (χ3v) is 4.27. The first-order chi connectivity index (χ1) is 10.1. The van der Waals surface area contributed by atoms with E-state index in [0.717, 1.165) is 29.1 Å². The Morgan fingerprint density at radius 3 is 3.00 bits per heavy atom. The summed E-state index contributed by atoms with van der Waals surface area (Å²) >= 11 is 7.52. The SMILES string of the molecule is CCCC(C)NC(=O)Cc1csc(-c2cccc(Cl)c2)n1. The average Bonchev–Trinajstić information content (AvgIpc) is 2.87. The van der Waals surface area contributed by atoms with Crippen molar-refractivity contribution in [2.45, 2.75) is 39.2 Å². The van der Waals surface area contributed by atoms with Gasteiger partial charge in [-0.3, -0.25) is 4.79 Å². The second-order valence-corrected chi connectivity index (χ2v) is 6.38. The highest BCUT2D eigenvalue weighted by molar-refractivity contribution is 7.13. The summed E-state index contributed by atoms with van der Waals surface area (Å²) in [7, 11) is 0. The van der Waals surface area contributed by atoms with Gasteiger partial charge in [-0.05, 0) is 25.5 Å². The number of nitrogens with one attached hydrogen (secondary N) is 1. The van der Waals surface area contributed by atoms with Gasteiger partial charge in [0.15, 0.2) is 0 Å². The van der Waals surface area contributed by atoms with Crippen LogP contribution in [0.5, 0.6) is 0 Å². The molecule has 21 heavy (non-hydrogen) atoms. The molecular weight excluding hydrogens is 304 g/mol. The molecule has 2 rings (SSSR count). The number of nitrogens with zero attached hydrogens (tertiary/aromatic N) is 1. The molecular formula is C16H19ClN2OS. The summed E-state index contributed by atoms with van der Waals surface area (Å²) in [5, 5.41) is 6.50. The summed E-state index contributed by atoms with van der Waals surface area (Å²) < 4.78 is 0. The van der Waals surface area contributed by atoms with E-state index in [0.29, 0.717) is 11.4 Å². The quantitative estimate of drug-likeness (QED) is 0.861. The van der Waals surface area contributed by atoms with E-state index in [9.17, 15) is 4.79 Å². The van der Waals surface area contributed by atoms with E-state index in [4.69, 9.17) is 11.6 Å². The molecule has 1 aromatic carbocycles. The normalized spacial score (nSPS) is 12.1. The molecule has 2 aromatic rings. The zero-order chi connectivity index (χ0) is 15.2. The predicted molar refractivity (Wildman–Crippen MR) is 88.8 cm³/mol. The van der Waals surface area contributed by atoms with E-state index < -0.39 is 0 Å². The maximum absolute atomic E-state index is 11.9. The van der Waals surface area contributed by atoms with Crippen LogP contribution in [0.1, 0.15) is 32.4 Å². The predicted octanol–water partition coefficient (Wildman–Crippen LogP) is 4.31. The monoisotopic (exact) mass is 322 g/mol. The van der Waals surface area contributed by atoms with Gasteiger partial charge in [0.05, 0.1) is 12.1 Å². The van der Waals surface area contributed by atoms with Crippen molar-refractivity contribution in [2.24, 2.45) is 0 Å². The highest BCUT2D eigenvalue weighted by Gasteiger charge is 2.11. The van der Waals surface area contributed by atoms with E-state index in [1.807, 2.05) is 36.6 Å². The Labute approximate surface area is 134 Å². The Morgan fingerprint density at radius 1 is 1.48 bits per heavy atom. The second-order valence-electron chi connectivity index (χ2n) is 5.09. The van der Waals surface area contributed by atoms with Crippen LogP contribution in [0.4, 0.5) is 0 Å². The van der Waals surface area contributed by atoms with Crippen LogP contribution in [0, 0.1) is 0 Å². The smallest absolute Gasteiger partial charge is 0.226 e. The lowest BCUT2D eigenvalue weighted by molar-refractivity contribution is -0.121. The molecule has 3 nitrogen and oxygen atoms in total. The van der Waals surface area contributed by atoms with E-state index >= 15 is 0 Å². The van der Waals surface area contributed by atoms with Crippen LogP contribution in [0.3, 0.4) is 0 Å². The lowest BCUT2D eigenvalue weighted by Gasteiger charge is -2.11. The Balaban J connectivity index is 1.99. The molecule has 112 valence electrons. The molecule has 0 spiro atoms. The highest BCUT2D eigenvalue weighted by atomic mass is 35.5. The molecule has 0 aliphatic rings. The van der Waals surface area contributed by atoms with E-state index in [2.05, 4.69) is 17.2 Å². The minimum Gasteiger partial charge on any atom is -0.353 e. The summed E-state index contributed by atoms with van der Waals surface area (Å²) in [5.74, 6) is 0.0268. The average molecular weight is 323 g/mol. The maximum atomic E-state index is 11.9. The molecule has 1 amide bonds. The Bertz CT molecular complexity index is 612. The first kappa shape index (κ1) is 16.0.